The molecule has 1 aliphatic heterocycles. The van der Waals surface area contributed by atoms with Crippen LogP contribution in [0.3, 0.4) is 0 Å². The van der Waals surface area contributed by atoms with Crippen molar-refractivity contribution in [2.75, 3.05) is 31.1 Å². The molecule has 0 bridgehead atoms. The second kappa shape index (κ2) is 8.43. The van der Waals surface area contributed by atoms with Gasteiger partial charge in [-0.3, -0.25) is 4.79 Å². The molecule has 0 N–H and O–H groups in total. The summed E-state index contributed by atoms with van der Waals surface area (Å²) in [6.07, 6.45) is 4.33. The molecule has 0 atom stereocenters. The smallest absolute Gasteiger partial charge is 0.226 e. The third-order valence-electron chi connectivity index (χ3n) is 4.41. The number of hydrogen-bond donors (Lipinski definition) is 0. The van der Waals surface area contributed by atoms with Crippen LogP contribution in [0.4, 0.5) is 5.82 Å². The van der Waals surface area contributed by atoms with E-state index in [4.69, 9.17) is 4.52 Å². The molecular formula is C18H22N6O2. The second-order valence-electron chi connectivity index (χ2n) is 6.30. The van der Waals surface area contributed by atoms with Crippen LogP contribution in [0, 0.1) is 18.3 Å². The van der Waals surface area contributed by atoms with Crippen LogP contribution in [0.1, 0.15) is 36.5 Å². The maximum Gasteiger partial charge on any atom is 0.226 e. The van der Waals surface area contributed by atoms with Crippen molar-refractivity contribution in [2.24, 2.45) is 0 Å². The van der Waals surface area contributed by atoms with Gasteiger partial charge < -0.3 is 14.3 Å². The number of amides is 1. The molecule has 0 spiro atoms. The molecule has 3 heterocycles. The molecule has 3 rings (SSSR count). The number of rotatable bonds is 5. The Kier molecular flexibility index (Phi) is 5.79. The lowest BCUT2D eigenvalue weighted by Gasteiger charge is -2.23. The van der Waals surface area contributed by atoms with E-state index in [-0.39, 0.29) is 5.91 Å². The van der Waals surface area contributed by atoms with Crippen LogP contribution >= 0.6 is 0 Å². The Morgan fingerprint density at radius 1 is 1.35 bits per heavy atom. The Labute approximate surface area is 152 Å². The van der Waals surface area contributed by atoms with E-state index >= 15 is 0 Å². The number of aryl methyl sites for hydroxylation is 2. The zero-order valence-corrected chi connectivity index (χ0v) is 14.9. The van der Waals surface area contributed by atoms with Gasteiger partial charge in [0, 0.05) is 45.2 Å². The minimum absolute atomic E-state index is 0.143. The van der Waals surface area contributed by atoms with Crippen molar-refractivity contribution < 1.29 is 9.32 Å². The van der Waals surface area contributed by atoms with Crippen LogP contribution in [-0.2, 0) is 11.2 Å². The van der Waals surface area contributed by atoms with Crippen molar-refractivity contribution in [1.29, 1.82) is 5.26 Å². The fourth-order valence-corrected chi connectivity index (χ4v) is 3.11. The van der Waals surface area contributed by atoms with Gasteiger partial charge in [-0.1, -0.05) is 5.16 Å². The molecule has 0 unspecified atom stereocenters. The number of hydrogen-bond acceptors (Lipinski definition) is 7. The van der Waals surface area contributed by atoms with Crippen molar-refractivity contribution >= 4 is 11.7 Å². The Hall–Kier alpha value is -2.95. The number of nitrogens with zero attached hydrogens (tertiary/aromatic N) is 6. The fraction of sp³-hybridized carbons (Fsp3) is 0.500. The van der Waals surface area contributed by atoms with E-state index in [9.17, 15) is 10.1 Å². The minimum Gasteiger partial charge on any atom is -0.354 e. The van der Waals surface area contributed by atoms with Crippen molar-refractivity contribution in [3.05, 3.63) is 35.6 Å². The molecule has 0 radical (unpaired) electrons. The van der Waals surface area contributed by atoms with Crippen LogP contribution in [0.15, 0.2) is 22.9 Å². The summed E-state index contributed by atoms with van der Waals surface area (Å²) in [4.78, 5) is 25.0. The molecule has 26 heavy (non-hydrogen) atoms. The topological polar surface area (TPSA) is 99.2 Å². The summed E-state index contributed by atoms with van der Waals surface area (Å²) in [6, 6.07) is 5.73. The van der Waals surface area contributed by atoms with Crippen molar-refractivity contribution in [2.45, 2.75) is 32.6 Å². The molecule has 8 heteroatoms. The number of nitriles is 1. The first kappa shape index (κ1) is 17.9. The number of carbonyl (C=O) groups is 1. The predicted molar refractivity (Wildman–Crippen MR) is 94.3 cm³/mol. The molecule has 1 aliphatic rings. The van der Waals surface area contributed by atoms with Gasteiger partial charge in [0.25, 0.3) is 0 Å². The molecular weight excluding hydrogens is 332 g/mol. The Morgan fingerprint density at radius 2 is 2.23 bits per heavy atom. The van der Waals surface area contributed by atoms with E-state index in [2.05, 4.69) is 26.1 Å². The Balaban J connectivity index is 1.51. The molecule has 0 saturated carbocycles. The molecule has 136 valence electrons. The Morgan fingerprint density at radius 3 is 3.00 bits per heavy atom. The molecule has 2 aromatic rings. The number of pyridine rings is 1. The van der Waals surface area contributed by atoms with Gasteiger partial charge in [-0.2, -0.15) is 10.2 Å². The quantitative estimate of drug-likeness (QED) is 0.806. The number of anilines is 1. The van der Waals surface area contributed by atoms with Gasteiger partial charge in [0.05, 0.1) is 5.56 Å². The zero-order valence-electron chi connectivity index (χ0n) is 14.9. The third kappa shape index (κ3) is 4.36. The van der Waals surface area contributed by atoms with Crippen LogP contribution in [0.25, 0.3) is 0 Å². The van der Waals surface area contributed by atoms with E-state index in [0.29, 0.717) is 55.4 Å². The molecule has 0 aromatic carbocycles. The van der Waals surface area contributed by atoms with Gasteiger partial charge in [0.1, 0.15) is 11.9 Å². The summed E-state index contributed by atoms with van der Waals surface area (Å²) in [7, 11) is 0. The molecule has 2 aromatic heterocycles. The lowest BCUT2D eigenvalue weighted by molar-refractivity contribution is -0.131. The molecule has 1 fully saturated rings. The number of carbonyl (C=O) groups excluding carboxylic acids is 1. The Bertz CT molecular complexity index is 797. The van der Waals surface area contributed by atoms with E-state index in [1.807, 2.05) is 4.90 Å². The van der Waals surface area contributed by atoms with Gasteiger partial charge in [-0.05, 0) is 31.9 Å². The van der Waals surface area contributed by atoms with Crippen molar-refractivity contribution in [3.8, 4) is 6.07 Å². The summed E-state index contributed by atoms with van der Waals surface area (Å²) >= 11 is 0. The monoisotopic (exact) mass is 354 g/mol. The highest BCUT2D eigenvalue weighted by atomic mass is 16.5. The maximum absolute atomic E-state index is 12.5. The maximum atomic E-state index is 12.5. The first-order valence-corrected chi connectivity index (χ1v) is 8.84. The van der Waals surface area contributed by atoms with E-state index < -0.39 is 0 Å². The SMILES string of the molecule is Cc1noc(CCCC(=O)N2CCCN(c3ncccc3C#N)CC2)n1. The molecule has 0 aliphatic carbocycles. The summed E-state index contributed by atoms with van der Waals surface area (Å²) in [5, 5.41) is 13.0. The van der Waals surface area contributed by atoms with Gasteiger partial charge in [0.15, 0.2) is 5.82 Å². The van der Waals surface area contributed by atoms with E-state index in [1.165, 1.54) is 0 Å². The molecule has 8 nitrogen and oxygen atoms in total. The van der Waals surface area contributed by atoms with Crippen LogP contribution in [-0.4, -0.2) is 52.1 Å². The lowest BCUT2D eigenvalue weighted by Crippen LogP contribution is -2.35. The third-order valence-corrected chi connectivity index (χ3v) is 4.41. The van der Waals surface area contributed by atoms with Crippen LogP contribution in [0.5, 0.6) is 0 Å². The van der Waals surface area contributed by atoms with Gasteiger partial charge in [-0.15, -0.1) is 0 Å². The summed E-state index contributed by atoms with van der Waals surface area (Å²) in [5.41, 5.74) is 0.571. The first-order valence-electron chi connectivity index (χ1n) is 8.84. The lowest BCUT2D eigenvalue weighted by atomic mass is 10.2. The van der Waals surface area contributed by atoms with Gasteiger partial charge in [-0.25, -0.2) is 4.98 Å². The largest absolute Gasteiger partial charge is 0.354 e. The number of aromatic nitrogens is 3. The highest BCUT2D eigenvalue weighted by Crippen LogP contribution is 2.18. The summed E-state index contributed by atoms with van der Waals surface area (Å²) < 4.78 is 5.07. The standard InChI is InChI=1S/C18H22N6O2/c1-14-21-16(26-22-14)6-2-7-17(25)23-9-4-10-24(12-11-23)18-15(13-19)5-3-8-20-18/h3,5,8H,2,4,6-7,9-12H2,1H3. The summed E-state index contributed by atoms with van der Waals surface area (Å²) in [5.74, 6) is 2.04. The minimum atomic E-state index is 0.143. The summed E-state index contributed by atoms with van der Waals surface area (Å²) in [6.45, 7) is 4.61. The second-order valence-corrected chi connectivity index (χ2v) is 6.30. The van der Waals surface area contributed by atoms with E-state index in [0.717, 1.165) is 19.5 Å². The fourth-order valence-electron chi connectivity index (χ4n) is 3.11. The van der Waals surface area contributed by atoms with Gasteiger partial charge >= 0.3 is 0 Å². The highest BCUT2D eigenvalue weighted by molar-refractivity contribution is 5.76. The first-order chi connectivity index (χ1) is 12.7. The van der Waals surface area contributed by atoms with Crippen molar-refractivity contribution in [3.63, 3.8) is 0 Å². The zero-order chi connectivity index (χ0) is 18.4. The highest BCUT2D eigenvalue weighted by Gasteiger charge is 2.21. The average Bonchev–Trinajstić information content (AvgIpc) is 2.93. The van der Waals surface area contributed by atoms with Crippen LogP contribution in [0.2, 0.25) is 0 Å². The molecule has 1 amide bonds. The van der Waals surface area contributed by atoms with Crippen molar-refractivity contribution in [1.82, 2.24) is 20.0 Å². The average molecular weight is 354 g/mol. The normalized spacial score (nSPS) is 14.8. The van der Waals surface area contributed by atoms with Gasteiger partial charge in [0.2, 0.25) is 11.8 Å². The van der Waals surface area contributed by atoms with E-state index in [1.54, 1.807) is 25.3 Å². The molecule has 1 saturated heterocycles. The van der Waals surface area contributed by atoms with Crippen LogP contribution < -0.4 is 4.90 Å². The predicted octanol–water partition coefficient (Wildman–Crippen LogP) is 1.71.